The average Bonchev–Trinajstić information content (AvgIpc) is 3.37. The molecule has 0 amide bonds. The van der Waals surface area contributed by atoms with E-state index in [4.69, 9.17) is 9.10 Å². The quantitative estimate of drug-likeness (QED) is 0.325. The Morgan fingerprint density at radius 3 is 2.69 bits per heavy atom. The van der Waals surface area contributed by atoms with Gasteiger partial charge in [-0.05, 0) is 42.7 Å². The van der Waals surface area contributed by atoms with E-state index in [1.165, 1.54) is 0 Å². The van der Waals surface area contributed by atoms with Gasteiger partial charge in [0, 0.05) is 41.7 Å². The molecule has 0 saturated heterocycles. The van der Waals surface area contributed by atoms with Crippen molar-refractivity contribution in [1.29, 1.82) is 0 Å². The zero-order valence-corrected chi connectivity index (χ0v) is 16.1. The summed E-state index contributed by atoms with van der Waals surface area (Å²) in [5, 5.41) is 1.75. The number of rotatable bonds is 2. The van der Waals surface area contributed by atoms with Crippen molar-refractivity contribution in [2.45, 2.75) is 6.85 Å². The fourth-order valence-electron chi connectivity index (χ4n) is 3.95. The van der Waals surface area contributed by atoms with Crippen LogP contribution < -0.4 is 0 Å². The number of aromatic nitrogens is 3. The zero-order valence-electron chi connectivity index (χ0n) is 18.3. The molecule has 0 fully saturated rings. The maximum atomic E-state index is 8.12. The van der Waals surface area contributed by atoms with E-state index >= 15 is 0 Å². The lowest BCUT2D eigenvalue weighted by Crippen LogP contribution is -1.97. The zero-order chi connectivity index (χ0) is 21.9. The molecule has 0 N–H and O–H groups in total. The van der Waals surface area contributed by atoms with Crippen molar-refractivity contribution in [3.05, 3.63) is 90.8 Å². The second-order valence-electron chi connectivity index (χ2n) is 6.93. The fourth-order valence-corrected chi connectivity index (χ4v) is 5.19. The van der Waals surface area contributed by atoms with Crippen LogP contribution in [0.4, 0.5) is 0 Å². The summed E-state index contributed by atoms with van der Waals surface area (Å²) >= 11 is 1.61. The lowest BCUT2D eigenvalue weighted by atomic mass is 10.0. The second kappa shape index (κ2) is 6.26. The standard InChI is InChI=1S/C25H17N3S/c1-16-11-12-19(24-23(16)18-9-5-6-10-22(18)29-24)25-27-20-13-14-26-15-21(20)28(25)17-7-3-2-4-8-17/h2-15H,1H3/i1D3. The van der Waals surface area contributed by atoms with Gasteiger partial charge in [0.25, 0.3) is 0 Å². The molecule has 0 unspecified atom stereocenters. The Balaban J connectivity index is 1.76. The van der Waals surface area contributed by atoms with Crippen molar-refractivity contribution in [3.8, 4) is 17.1 Å². The van der Waals surface area contributed by atoms with Crippen molar-refractivity contribution < 1.29 is 4.11 Å². The lowest BCUT2D eigenvalue weighted by molar-refractivity contribution is 1.10. The van der Waals surface area contributed by atoms with Gasteiger partial charge in [0.1, 0.15) is 5.82 Å². The van der Waals surface area contributed by atoms with E-state index in [-0.39, 0.29) is 0 Å². The number of benzene rings is 3. The number of aryl methyl sites for hydroxylation is 1. The minimum atomic E-state index is -2.20. The molecule has 0 aliphatic rings. The van der Waals surface area contributed by atoms with Crippen molar-refractivity contribution in [1.82, 2.24) is 14.5 Å². The molecule has 0 bridgehead atoms. The van der Waals surface area contributed by atoms with Gasteiger partial charge in [-0.3, -0.25) is 9.55 Å². The predicted octanol–water partition coefficient (Wildman–Crippen LogP) is 6.76. The molecular weight excluding hydrogens is 374 g/mol. The van der Waals surface area contributed by atoms with Crippen LogP contribution in [-0.2, 0) is 0 Å². The maximum Gasteiger partial charge on any atom is 0.147 e. The molecule has 0 radical (unpaired) electrons. The Kier molecular flexibility index (Phi) is 2.94. The lowest BCUT2D eigenvalue weighted by Gasteiger charge is -2.11. The van der Waals surface area contributed by atoms with Crippen molar-refractivity contribution in [2.24, 2.45) is 0 Å². The summed E-state index contributed by atoms with van der Waals surface area (Å²) in [6.07, 6.45) is 3.55. The van der Waals surface area contributed by atoms with Crippen molar-refractivity contribution in [3.63, 3.8) is 0 Å². The third kappa shape index (κ3) is 2.43. The van der Waals surface area contributed by atoms with Gasteiger partial charge in [-0.25, -0.2) is 4.98 Å². The molecule has 0 aliphatic heterocycles. The molecule has 6 rings (SSSR count). The SMILES string of the molecule is [2H]C([2H])([2H])c1ccc(-c2nc3ccncc3n2-c2ccccc2)c2sc3ccccc3c12. The Morgan fingerprint density at radius 1 is 0.931 bits per heavy atom. The first kappa shape index (κ1) is 13.6. The topological polar surface area (TPSA) is 30.7 Å². The number of hydrogen-bond donors (Lipinski definition) is 0. The number of imidazole rings is 1. The number of fused-ring (bicyclic) bond motifs is 4. The van der Waals surface area contributed by atoms with Crippen LogP contribution in [0.3, 0.4) is 0 Å². The summed E-state index contributed by atoms with van der Waals surface area (Å²) in [7, 11) is 0. The number of para-hydroxylation sites is 1. The average molecular weight is 395 g/mol. The largest absolute Gasteiger partial charge is 0.291 e. The number of hydrogen-bond acceptors (Lipinski definition) is 3. The Hall–Kier alpha value is -3.50. The molecule has 4 heteroatoms. The van der Waals surface area contributed by atoms with E-state index in [0.717, 1.165) is 48.3 Å². The smallest absolute Gasteiger partial charge is 0.147 e. The summed E-state index contributed by atoms with van der Waals surface area (Å²) in [6.45, 7) is -2.20. The van der Waals surface area contributed by atoms with Crippen LogP contribution in [0, 0.1) is 6.85 Å². The van der Waals surface area contributed by atoms with Gasteiger partial charge >= 0.3 is 0 Å². The molecule has 138 valence electrons. The third-order valence-corrected chi connectivity index (χ3v) is 6.44. The maximum absolute atomic E-state index is 8.12. The molecule has 3 aromatic heterocycles. The first-order chi connectivity index (χ1) is 15.5. The molecule has 3 heterocycles. The highest BCUT2D eigenvalue weighted by Gasteiger charge is 2.19. The van der Waals surface area contributed by atoms with Gasteiger partial charge in [-0.15, -0.1) is 11.3 Å². The van der Waals surface area contributed by atoms with Crippen molar-refractivity contribution in [2.75, 3.05) is 0 Å². The van der Waals surface area contributed by atoms with Gasteiger partial charge in [0.2, 0.25) is 0 Å². The molecular formula is C25H17N3S. The first-order valence-electron chi connectivity index (χ1n) is 10.9. The minimum absolute atomic E-state index is 0.373. The van der Waals surface area contributed by atoms with E-state index in [1.54, 1.807) is 23.6 Å². The van der Waals surface area contributed by atoms with Gasteiger partial charge in [-0.2, -0.15) is 0 Å². The molecule has 0 atom stereocenters. The molecule has 29 heavy (non-hydrogen) atoms. The molecule has 6 aromatic rings. The summed E-state index contributed by atoms with van der Waals surface area (Å²) in [6, 6.07) is 23.5. The van der Waals surface area contributed by atoms with E-state index < -0.39 is 6.85 Å². The van der Waals surface area contributed by atoms with Gasteiger partial charge in [0.15, 0.2) is 0 Å². The summed E-state index contributed by atoms with van der Waals surface area (Å²) in [4.78, 5) is 9.28. The fraction of sp³-hybridized carbons (Fsp3) is 0.0400. The summed E-state index contributed by atoms with van der Waals surface area (Å²) < 4.78 is 28.4. The van der Waals surface area contributed by atoms with Crippen LogP contribution in [0.1, 0.15) is 9.68 Å². The Labute approximate surface area is 176 Å². The Morgan fingerprint density at radius 2 is 1.79 bits per heavy atom. The number of thiophene rings is 1. The van der Waals surface area contributed by atoms with Crippen molar-refractivity contribution >= 4 is 42.5 Å². The number of nitrogens with zero attached hydrogens (tertiary/aromatic N) is 3. The molecule has 0 aliphatic carbocycles. The van der Waals surface area contributed by atoms with E-state index in [1.807, 2.05) is 72.9 Å². The molecule has 3 aromatic carbocycles. The van der Waals surface area contributed by atoms with E-state index in [9.17, 15) is 0 Å². The highest BCUT2D eigenvalue weighted by Crippen LogP contribution is 2.42. The first-order valence-corrected chi connectivity index (χ1v) is 10.2. The van der Waals surface area contributed by atoms with Crippen LogP contribution in [0.5, 0.6) is 0 Å². The van der Waals surface area contributed by atoms with Gasteiger partial charge in [-0.1, -0.05) is 42.5 Å². The summed E-state index contributed by atoms with van der Waals surface area (Å²) in [5.74, 6) is 0.771. The van der Waals surface area contributed by atoms with Crippen LogP contribution in [-0.4, -0.2) is 14.5 Å². The van der Waals surface area contributed by atoms with Gasteiger partial charge < -0.3 is 0 Å². The van der Waals surface area contributed by atoms with Crippen LogP contribution in [0.2, 0.25) is 0 Å². The monoisotopic (exact) mass is 394 g/mol. The van der Waals surface area contributed by atoms with E-state index in [0.29, 0.717) is 5.56 Å². The Bertz CT molecular complexity index is 1610. The molecule has 0 saturated carbocycles. The molecule has 0 spiro atoms. The predicted molar refractivity (Wildman–Crippen MR) is 122 cm³/mol. The minimum Gasteiger partial charge on any atom is -0.291 e. The van der Waals surface area contributed by atoms with Crippen LogP contribution >= 0.6 is 11.3 Å². The van der Waals surface area contributed by atoms with Gasteiger partial charge in [0.05, 0.1) is 17.2 Å². The molecule has 3 nitrogen and oxygen atoms in total. The van der Waals surface area contributed by atoms with Crippen LogP contribution in [0.25, 0.3) is 48.3 Å². The third-order valence-electron chi connectivity index (χ3n) is 5.24. The number of pyridine rings is 1. The summed E-state index contributed by atoms with van der Waals surface area (Å²) in [5.41, 5.74) is 4.01. The highest BCUT2D eigenvalue weighted by molar-refractivity contribution is 7.26. The van der Waals surface area contributed by atoms with E-state index in [2.05, 4.69) is 9.55 Å². The van der Waals surface area contributed by atoms with Crippen LogP contribution in [0.15, 0.2) is 85.2 Å². The normalized spacial score (nSPS) is 13.6. The highest BCUT2D eigenvalue weighted by atomic mass is 32.1. The second-order valence-corrected chi connectivity index (χ2v) is 7.99.